The maximum Gasteiger partial charge on any atom is 0.326 e. The number of aliphatic hydroxyl groups is 1. The Balaban J connectivity index is 2.06. The number of nitrogens with one attached hydrogen (secondary N) is 1. The van der Waals surface area contributed by atoms with Crippen molar-refractivity contribution < 1.29 is 24.6 Å². The van der Waals surface area contributed by atoms with Crippen molar-refractivity contribution in [2.24, 2.45) is 0 Å². The summed E-state index contributed by atoms with van der Waals surface area (Å²) in [6, 6.07) is 7.05. The third-order valence-electron chi connectivity index (χ3n) is 3.88. The van der Waals surface area contributed by atoms with Gasteiger partial charge >= 0.3 is 5.97 Å². The number of carbonyl (C=O) groups excluding carboxylic acids is 2. The van der Waals surface area contributed by atoms with Gasteiger partial charge in [0.2, 0.25) is 11.8 Å². The van der Waals surface area contributed by atoms with Crippen LogP contribution in [0.2, 0.25) is 0 Å². The maximum absolute atomic E-state index is 12.3. The van der Waals surface area contributed by atoms with Crippen LogP contribution in [0.4, 0.5) is 0 Å². The Hall–Kier alpha value is -2.41. The van der Waals surface area contributed by atoms with Gasteiger partial charge in [-0.2, -0.15) is 0 Å². The van der Waals surface area contributed by atoms with Gasteiger partial charge in [0.05, 0.1) is 6.10 Å². The summed E-state index contributed by atoms with van der Waals surface area (Å²) >= 11 is 0. The van der Waals surface area contributed by atoms with Crippen LogP contribution in [0.15, 0.2) is 30.3 Å². The molecule has 0 saturated carbocycles. The molecule has 0 spiro atoms. The second-order valence-corrected chi connectivity index (χ2v) is 5.67. The predicted octanol–water partition coefficient (Wildman–Crippen LogP) is -0.220. The van der Waals surface area contributed by atoms with Crippen molar-refractivity contribution in [3.8, 4) is 0 Å². The summed E-state index contributed by atoms with van der Waals surface area (Å²) in [6.07, 6.45) is -0.507. The fourth-order valence-corrected chi connectivity index (χ4v) is 2.73. The minimum Gasteiger partial charge on any atom is -0.480 e. The SMILES string of the molecule is CC(=O)N1CC(O)C[C@H]1C(=O)N[C@@H](Cc1ccccc1)C(=O)O. The number of aliphatic hydroxyl groups excluding tert-OH is 1. The molecular formula is C16H20N2O5. The summed E-state index contributed by atoms with van der Waals surface area (Å²) in [6.45, 7) is 1.40. The van der Waals surface area contributed by atoms with Gasteiger partial charge in [-0.05, 0) is 5.56 Å². The fourth-order valence-electron chi connectivity index (χ4n) is 2.73. The van der Waals surface area contributed by atoms with Crippen molar-refractivity contribution in [3.05, 3.63) is 35.9 Å². The molecule has 0 aromatic heterocycles. The van der Waals surface area contributed by atoms with Crippen molar-refractivity contribution in [1.29, 1.82) is 0 Å². The molecule has 1 unspecified atom stereocenters. The molecule has 1 aliphatic heterocycles. The number of rotatable bonds is 5. The summed E-state index contributed by atoms with van der Waals surface area (Å²) in [7, 11) is 0. The first-order valence-electron chi connectivity index (χ1n) is 7.41. The highest BCUT2D eigenvalue weighted by molar-refractivity contribution is 5.90. The van der Waals surface area contributed by atoms with Gasteiger partial charge in [-0.15, -0.1) is 0 Å². The average Bonchev–Trinajstić information content (AvgIpc) is 2.90. The van der Waals surface area contributed by atoms with Gasteiger partial charge in [0.1, 0.15) is 12.1 Å². The fraction of sp³-hybridized carbons (Fsp3) is 0.438. The minimum absolute atomic E-state index is 0.0871. The summed E-state index contributed by atoms with van der Waals surface area (Å²) in [4.78, 5) is 36.5. The Labute approximate surface area is 133 Å². The highest BCUT2D eigenvalue weighted by Gasteiger charge is 2.38. The number of β-amino-alcohol motifs (C(OH)–C–C–N with tert-alkyl or cyclic N) is 1. The summed E-state index contributed by atoms with van der Waals surface area (Å²) < 4.78 is 0. The molecule has 1 saturated heterocycles. The van der Waals surface area contributed by atoms with Crippen molar-refractivity contribution in [2.75, 3.05) is 6.54 Å². The van der Waals surface area contributed by atoms with Crippen LogP contribution in [-0.4, -0.2) is 57.6 Å². The zero-order valence-corrected chi connectivity index (χ0v) is 12.8. The molecule has 0 bridgehead atoms. The van der Waals surface area contributed by atoms with Gasteiger partial charge in [0.15, 0.2) is 0 Å². The molecule has 3 N–H and O–H groups in total. The highest BCUT2D eigenvalue weighted by atomic mass is 16.4. The maximum atomic E-state index is 12.3. The van der Waals surface area contributed by atoms with E-state index in [2.05, 4.69) is 5.32 Å². The molecule has 0 aliphatic carbocycles. The van der Waals surface area contributed by atoms with Crippen molar-refractivity contribution in [2.45, 2.75) is 38.0 Å². The van der Waals surface area contributed by atoms with E-state index < -0.39 is 30.1 Å². The smallest absolute Gasteiger partial charge is 0.326 e. The van der Waals surface area contributed by atoms with E-state index in [1.165, 1.54) is 11.8 Å². The minimum atomic E-state index is -1.14. The van der Waals surface area contributed by atoms with Crippen LogP contribution in [0.1, 0.15) is 18.9 Å². The van der Waals surface area contributed by atoms with Gasteiger partial charge in [-0.25, -0.2) is 4.79 Å². The van der Waals surface area contributed by atoms with E-state index in [9.17, 15) is 24.6 Å². The van der Waals surface area contributed by atoms with Crippen LogP contribution in [0.25, 0.3) is 0 Å². The number of likely N-dealkylation sites (tertiary alicyclic amines) is 1. The standard InChI is InChI=1S/C16H20N2O5/c1-10(19)18-9-12(20)8-14(18)15(21)17-13(16(22)23)7-11-5-3-2-4-6-11/h2-6,12-14,20H,7-9H2,1H3,(H,17,21)(H,22,23)/t12?,13-,14-/m0/s1. The number of hydrogen-bond acceptors (Lipinski definition) is 4. The van der Waals surface area contributed by atoms with E-state index in [1.54, 1.807) is 24.3 Å². The number of hydrogen-bond donors (Lipinski definition) is 3. The first-order chi connectivity index (χ1) is 10.9. The van der Waals surface area contributed by atoms with Crippen LogP contribution in [0, 0.1) is 0 Å². The largest absolute Gasteiger partial charge is 0.480 e. The molecule has 1 aromatic rings. The lowest BCUT2D eigenvalue weighted by molar-refractivity contribution is -0.143. The number of amides is 2. The molecular weight excluding hydrogens is 300 g/mol. The molecule has 1 fully saturated rings. The predicted molar refractivity (Wildman–Crippen MR) is 81.5 cm³/mol. The number of carboxylic acids is 1. The second-order valence-electron chi connectivity index (χ2n) is 5.67. The monoisotopic (exact) mass is 320 g/mol. The van der Waals surface area contributed by atoms with E-state index in [4.69, 9.17) is 0 Å². The Kier molecular flexibility index (Phi) is 5.33. The topological polar surface area (TPSA) is 107 Å². The lowest BCUT2D eigenvalue weighted by atomic mass is 10.1. The van der Waals surface area contributed by atoms with E-state index in [-0.39, 0.29) is 25.3 Å². The Bertz CT molecular complexity index is 589. The molecule has 1 heterocycles. The van der Waals surface area contributed by atoms with E-state index in [0.717, 1.165) is 5.56 Å². The average molecular weight is 320 g/mol. The normalized spacial score (nSPS) is 21.7. The lowest BCUT2D eigenvalue weighted by Gasteiger charge is -2.24. The van der Waals surface area contributed by atoms with E-state index >= 15 is 0 Å². The molecule has 2 rings (SSSR count). The third-order valence-corrected chi connectivity index (χ3v) is 3.88. The van der Waals surface area contributed by atoms with Gasteiger partial charge in [0, 0.05) is 26.3 Å². The van der Waals surface area contributed by atoms with E-state index in [0.29, 0.717) is 0 Å². The van der Waals surface area contributed by atoms with E-state index in [1.807, 2.05) is 6.07 Å². The molecule has 1 aliphatic rings. The Morgan fingerprint density at radius 3 is 2.52 bits per heavy atom. The Morgan fingerprint density at radius 2 is 1.96 bits per heavy atom. The molecule has 7 heteroatoms. The number of carbonyl (C=O) groups is 3. The molecule has 0 radical (unpaired) electrons. The van der Waals surface area contributed by atoms with Crippen LogP contribution >= 0.6 is 0 Å². The first-order valence-corrected chi connectivity index (χ1v) is 7.41. The van der Waals surface area contributed by atoms with Gasteiger partial charge in [0.25, 0.3) is 0 Å². The zero-order chi connectivity index (χ0) is 17.0. The molecule has 124 valence electrons. The van der Waals surface area contributed by atoms with Crippen molar-refractivity contribution >= 4 is 17.8 Å². The van der Waals surface area contributed by atoms with Crippen molar-refractivity contribution in [3.63, 3.8) is 0 Å². The Morgan fingerprint density at radius 1 is 1.30 bits per heavy atom. The van der Waals surface area contributed by atoms with Crippen LogP contribution in [-0.2, 0) is 20.8 Å². The molecule has 23 heavy (non-hydrogen) atoms. The molecule has 2 amide bonds. The van der Waals surface area contributed by atoms with Crippen LogP contribution < -0.4 is 5.32 Å². The lowest BCUT2D eigenvalue weighted by Crippen LogP contribution is -2.51. The van der Waals surface area contributed by atoms with Crippen LogP contribution in [0.3, 0.4) is 0 Å². The number of aliphatic carboxylic acids is 1. The summed E-state index contributed by atoms with van der Waals surface area (Å²) in [5.41, 5.74) is 0.787. The zero-order valence-electron chi connectivity index (χ0n) is 12.8. The van der Waals surface area contributed by atoms with Gasteiger partial charge in [-0.1, -0.05) is 30.3 Å². The highest BCUT2D eigenvalue weighted by Crippen LogP contribution is 2.18. The molecule has 7 nitrogen and oxygen atoms in total. The third kappa shape index (κ3) is 4.29. The number of benzene rings is 1. The molecule has 1 aromatic carbocycles. The summed E-state index contributed by atoms with van der Waals surface area (Å²) in [5.74, 6) is -2.02. The first kappa shape index (κ1) is 17.0. The van der Waals surface area contributed by atoms with Gasteiger partial charge < -0.3 is 20.4 Å². The number of nitrogens with zero attached hydrogens (tertiary/aromatic N) is 1. The van der Waals surface area contributed by atoms with Crippen LogP contribution in [0.5, 0.6) is 0 Å². The number of carboxylic acid groups (broad SMARTS) is 1. The second kappa shape index (κ2) is 7.23. The molecule has 3 atom stereocenters. The summed E-state index contributed by atoms with van der Waals surface area (Å²) in [5, 5.41) is 21.4. The quantitative estimate of drug-likeness (QED) is 0.695. The van der Waals surface area contributed by atoms with Crippen molar-refractivity contribution in [1.82, 2.24) is 10.2 Å². The van der Waals surface area contributed by atoms with Gasteiger partial charge in [-0.3, -0.25) is 9.59 Å².